The molecule has 8 nitrogen and oxygen atoms in total. The van der Waals surface area contributed by atoms with Crippen molar-refractivity contribution in [3.05, 3.63) is 85.2 Å². The summed E-state index contributed by atoms with van der Waals surface area (Å²) < 4.78 is 41.9. The van der Waals surface area contributed by atoms with E-state index in [2.05, 4.69) is 53.1 Å². The molecule has 0 aliphatic carbocycles. The zero-order chi connectivity index (χ0) is 27.4. The van der Waals surface area contributed by atoms with E-state index in [-0.39, 0.29) is 30.2 Å². The van der Waals surface area contributed by atoms with Crippen LogP contribution in [0.2, 0.25) is 0 Å². The molecule has 3 aromatic carbocycles. The highest BCUT2D eigenvalue weighted by molar-refractivity contribution is 9.11. The van der Waals surface area contributed by atoms with Gasteiger partial charge in [-0.2, -0.15) is 4.31 Å². The summed E-state index contributed by atoms with van der Waals surface area (Å²) in [5.74, 6) is -1.19. The van der Waals surface area contributed by atoms with Gasteiger partial charge >= 0.3 is 5.97 Å². The Balaban J connectivity index is 1.59. The van der Waals surface area contributed by atoms with E-state index in [4.69, 9.17) is 9.47 Å². The van der Waals surface area contributed by atoms with Crippen molar-refractivity contribution < 1.29 is 27.5 Å². The Morgan fingerprint density at radius 1 is 1.00 bits per heavy atom. The molecular formula is C26H23Br3N2O6S. The molecule has 1 amide bonds. The maximum atomic E-state index is 13.9. The minimum absolute atomic E-state index is 0.0333. The number of sulfonamides is 1. The number of carbonyl (C=O) groups is 2. The molecule has 1 aliphatic rings. The van der Waals surface area contributed by atoms with Crippen LogP contribution in [0.3, 0.4) is 0 Å². The summed E-state index contributed by atoms with van der Waals surface area (Å²) in [5, 5.41) is 2.67. The third-order valence-electron chi connectivity index (χ3n) is 5.82. The molecule has 0 saturated carbocycles. The van der Waals surface area contributed by atoms with E-state index >= 15 is 0 Å². The number of benzene rings is 3. The number of nitrogens with one attached hydrogen (secondary N) is 1. The zero-order valence-corrected chi connectivity index (χ0v) is 25.7. The summed E-state index contributed by atoms with van der Waals surface area (Å²) in [6.07, 6.45) is 0.103. The van der Waals surface area contributed by atoms with Crippen molar-refractivity contribution in [3.63, 3.8) is 0 Å². The number of anilines is 1. The number of carbonyl (C=O) groups excluding carboxylic acids is 2. The van der Waals surface area contributed by atoms with Gasteiger partial charge in [0, 0.05) is 26.4 Å². The summed E-state index contributed by atoms with van der Waals surface area (Å²) >= 11 is 10.0. The molecule has 0 fully saturated rings. The molecule has 38 heavy (non-hydrogen) atoms. The first kappa shape index (κ1) is 28.8. The maximum Gasteiger partial charge on any atom is 0.325 e. The SMILES string of the molecule is CCOc1ccc(Br)cc1S(=O)(=O)N1Cc2ccccc2CC1C(=O)OCC(=O)Nc1ccc(Br)cc1Br. The fourth-order valence-electron chi connectivity index (χ4n) is 4.05. The second-order valence-electron chi connectivity index (χ2n) is 8.34. The van der Waals surface area contributed by atoms with Crippen LogP contribution in [0.4, 0.5) is 5.69 Å². The van der Waals surface area contributed by atoms with Crippen LogP contribution < -0.4 is 10.1 Å². The largest absolute Gasteiger partial charge is 0.492 e. The minimum Gasteiger partial charge on any atom is -0.492 e. The highest BCUT2D eigenvalue weighted by Gasteiger charge is 2.42. The molecule has 0 saturated heterocycles. The lowest BCUT2D eigenvalue weighted by molar-refractivity contribution is -0.151. The lowest BCUT2D eigenvalue weighted by Gasteiger charge is -2.34. The summed E-state index contributed by atoms with van der Waals surface area (Å²) in [4.78, 5) is 25.7. The van der Waals surface area contributed by atoms with Gasteiger partial charge < -0.3 is 14.8 Å². The van der Waals surface area contributed by atoms with E-state index in [9.17, 15) is 18.0 Å². The monoisotopic (exact) mass is 728 g/mol. The number of halogens is 3. The second kappa shape index (κ2) is 12.3. The summed E-state index contributed by atoms with van der Waals surface area (Å²) in [5.41, 5.74) is 2.12. The number of hydrogen-bond acceptors (Lipinski definition) is 6. The Morgan fingerprint density at radius 2 is 1.68 bits per heavy atom. The molecule has 1 N–H and O–H groups in total. The Bertz CT molecular complexity index is 1480. The van der Waals surface area contributed by atoms with E-state index in [1.165, 1.54) is 6.07 Å². The van der Waals surface area contributed by atoms with Gasteiger partial charge in [0.15, 0.2) is 6.61 Å². The first-order valence-electron chi connectivity index (χ1n) is 11.5. The average Bonchev–Trinajstić information content (AvgIpc) is 2.89. The fraction of sp³-hybridized carbons (Fsp3) is 0.231. The third kappa shape index (κ3) is 6.48. The van der Waals surface area contributed by atoms with Crippen molar-refractivity contribution in [1.82, 2.24) is 4.31 Å². The van der Waals surface area contributed by atoms with Crippen LogP contribution in [-0.4, -0.2) is 43.9 Å². The predicted octanol–water partition coefficient (Wildman–Crippen LogP) is 5.67. The number of amides is 1. The second-order valence-corrected chi connectivity index (χ2v) is 12.9. The molecule has 1 atom stereocenters. The molecule has 1 aliphatic heterocycles. The van der Waals surface area contributed by atoms with Crippen molar-refractivity contribution in [2.75, 3.05) is 18.5 Å². The molecule has 3 aromatic rings. The van der Waals surface area contributed by atoms with E-state index < -0.39 is 34.5 Å². The maximum absolute atomic E-state index is 13.9. The molecule has 0 aromatic heterocycles. The van der Waals surface area contributed by atoms with Crippen LogP contribution in [0, 0.1) is 0 Å². The quantitative estimate of drug-likeness (QED) is 0.300. The van der Waals surface area contributed by atoms with E-state index in [1.54, 1.807) is 37.3 Å². The summed E-state index contributed by atoms with van der Waals surface area (Å²) in [6.45, 7) is 1.42. The molecular weight excluding hydrogens is 708 g/mol. The molecule has 1 heterocycles. The topological polar surface area (TPSA) is 102 Å². The van der Waals surface area contributed by atoms with Crippen LogP contribution in [0.1, 0.15) is 18.1 Å². The molecule has 0 bridgehead atoms. The van der Waals surface area contributed by atoms with Crippen molar-refractivity contribution in [2.45, 2.75) is 30.8 Å². The number of esters is 1. The molecule has 12 heteroatoms. The van der Waals surface area contributed by atoms with Gasteiger partial charge in [0.2, 0.25) is 10.0 Å². The number of hydrogen-bond donors (Lipinski definition) is 1. The number of nitrogens with zero attached hydrogens (tertiary/aromatic N) is 1. The Labute approximate surface area is 246 Å². The standard InChI is InChI=1S/C26H23Br3N2O6S/c1-2-36-23-10-8-19(28)13-24(23)38(34,35)31-14-17-6-4-3-5-16(17)11-22(31)26(33)37-15-25(32)30-21-9-7-18(27)12-20(21)29/h3-10,12-13,22H,2,11,14-15H2,1H3,(H,30,32). The fourth-order valence-corrected chi connectivity index (χ4v) is 7.42. The molecule has 200 valence electrons. The Morgan fingerprint density at radius 3 is 2.39 bits per heavy atom. The van der Waals surface area contributed by atoms with Crippen LogP contribution >= 0.6 is 47.8 Å². The molecule has 0 spiro atoms. The smallest absolute Gasteiger partial charge is 0.325 e. The van der Waals surface area contributed by atoms with E-state index in [0.29, 0.717) is 14.6 Å². The van der Waals surface area contributed by atoms with Crippen molar-refractivity contribution in [1.29, 1.82) is 0 Å². The van der Waals surface area contributed by atoms with E-state index in [1.807, 2.05) is 24.3 Å². The van der Waals surface area contributed by atoms with Crippen LogP contribution in [0.25, 0.3) is 0 Å². The number of ether oxygens (including phenoxy) is 2. The zero-order valence-electron chi connectivity index (χ0n) is 20.1. The number of fused-ring (bicyclic) bond motifs is 1. The van der Waals surface area contributed by atoms with Gasteiger partial charge in [0.1, 0.15) is 16.7 Å². The normalized spacial score (nSPS) is 15.4. The van der Waals surface area contributed by atoms with Gasteiger partial charge in [0.05, 0.1) is 12.3 Å². The van der Waals surface area contributed by atoms with E-state index in [0.717, 1.165) is 19.9 Å². The van der Waals surface area contributed by atoms with Gasteiger partial charge in [-0.25, -0.2) is 8.42 Å². The number of rotatable bonds is 8. The highest BCUT2D eigenvalue weighted by atomic mass is 79.9. The lowest BCUT2D eigenvalue weighted by atomic mass is 9.96. The highest BCUT2D eigenvalue weighted by Crippen LogP contribution is 2.35. The van der Waals surface area contributed by atoms with Gasteiger partial charge in [-0.3, -0.25) is 9.59 Å². The molecule has 0 radical (unpaired) electrons. The third-order valence-corrected chi connectivity index (χ3v) is 9.34. The molecule has 1 unspecified atom stereocenters. The van der Waals surface area contributed by atoms with Gasteiger partial charge in [-0.1, -0.05) is 56.1 Å². The Kier molecular flexibility index (Phi) is 9.30. The molecule has 4 rings (SSSR count). The Hall–Kier alpha value is -2.25. The average molecular weight is 731 g/mol. The first-order chi connectivity index (χ1) is 18.1. The van der Waals surface area contributed by atoms with Gasteiger partial charge in [-0.15, -0.1) is 0 Å². The van der Waals surface area contributed by atoms with Crippen molar-refractivity contribution in [3.8, 4) is 5.75 Å². The first-order valence-corrected chi connectivity index (χ1v) is 15.3. The predicted molar refractivity (Wildman–Crippen MR) is 153 cm³/mol. The van der Waals surface area contributed by atoms with Crippen molar-refractivity contribution in [2.24, 2.45) is 0 Å². The van der Waals surface area contributed by atoms with Gasteiger partial charge in [-0.05, 0) is 70.4 Å². The van der Waals surface area contributed by atoms with Crippen LogP contribution in [0.15, 0.2) is 79.0 Å². The van der Waals surface area contributed by atoms with Crippen LogP contribution in [0.5, 0.6) is 5.75 Å². The lowest BCUT2D eigenvalue weighted by Crippen LogP contribution is -2.49. The summed E-state index contributed by atoms with van der Waals surface area (Å²) in [6, 6.07) is 16.1. The minimum atomic E-state index is -4.20. The van der Waals surface area contributed by atoms with Crippen LogP contribution in [-0.2, 0) is 37.3 Å². The van der Waals surface area contributed by atoms with Crippen molar-refractivity contribution >= 4 is 75.4 Å². The summed E-state index contributed by atoms with van der Waals surface area (Å²) in [7, 11) is -4.20. The van der Waals surface area contributed by atoms with Gasteiger partial charge in [0.25, 0.3) is 5.91 Å².